The quantitative estimate of drug-likeness (QED) is 0.491. The van der Waals surface area contributed by atoms with E-state index in [-0.39, 0.29) is 23.6 Å². The lowest BCUT2D eigenvalue weighted by atomic mass is 10.0. The smallest absolute Gasteiger partial charge is 0.290 e. The van der Waals surface area contributed by atoms with Crippen molar-refractivity contribution in [1.82, 2.24) is 19.9 Å². The van der Waals surface area contributed by atoms with Gasteiger partial charge < -0.3 is 14.6 Å². The van der Waals surface area contributed by atoms with Gasteiger partial charge in [0.2, 0.25) is 0 Å². The van der Waals surface area contributed by atoms with E-state index in [0.29, 0.717) is 17.6 Å². The lowest BCUT2D eigenvalue weighted by Crippen LogP contribution is -2.31. The molecule has 0 spiro atoms. The molecule has 4 aromatic rings. The van der Waals surface area contributed by atoms with Crippen LogP contribution in [0.3, 0.4) is 0 Å². The van der Waals surface area contributed by atoms with Gasteiger partial charge in [0, 0.05) is 12.2 Å². The van der Waals surface area contributed by atoms with Gasteiger partial charge in [-0.3, -0.25) is 9.78 Å². The van der Waals surface area contributed by atoms with Crippen molar-refractivity contribution in [2.45, 2.75) is 25.8 Å². The number of hydrogen-bond donors (Lipinski definition) is 1. The molecule has 0 unspecified atom stereocenters. The zero-order chi connectivity index (χ0) is 22.2. The minimum atomic E-state index is -0.366. The molecular formula is C25H23FN4O2. The van der Waals surface area contributed by atoms with E-state index in [1.165, 1.54) is 12.1 Å². The summed E-state index contributed by atoms with van der Waals surface area (Å²) >= 11 is 0. The van der Waals surface area contributed by atoms with Crippen molar-refractivity contribution in [3.63, 3.8) is 0 Å². The number of aryl methyl sites for hydroxylation is 1. The number of aromatic nitrogens is 3. The molecule has 3 heterocycles. The number of nitrogens with zero attached hydrogens (tertiary/aromatic N) is 3. The highest BCUT2D eigenvalue weighted by atomic mass is 19.1. The summed E-state index contributed by atoms with van der Waals surface area (Å²) in [7, 11) is 1.65. The molecule has 5 rings (SSSR count). The molecule has 2 aromatic carbocycles. The van der Waals surface area contributed by atoms with Gasteiger partial charge in [0.25, 0.3) is 5.91 Å². The third-order valence-corrected chi connectivity index (χ3v) is 5.90. The Labute approximate surface area is 185 Å². The van der Waals surface area contributed by atoms with Gasteiger partial charge in [0.1, 0.15) is 11.6 Å². The minimum absolute atomic E-state index is 0.135. The maximum absolute atomic E-state index is 13.5. The number of aromatic amines is 1. The highest BCUT2D eigenvalue weighted by Crippen LogP contribution is 2.34. The molecule has 1 amide bonds. The summed E-state index contributed by atoms with van der Waals surface area (Å²) in [6, 6.07) is 16.1. The largest absolute Gasteiger partial charge is 0.497 e. The Balaban J connectivity index is 1.46. The molecule has 1 atom stereocenters. The summed E-state index contributed by atoms with van der Waals surface area (Å²) in [4.78, 5) is 27.2. The van der Waals surface area contributed by atoms with Crippen molar-refractivity contribution in [1.29, 1.82) is 0 Å². The van der Waals surface area contributed by atoms with Gasteiger partial charge in [-0.15, -0.1) is 0 Å². The van der Waals surface area contributed by atoms with Gasteiger partial charge in [-0.05, 0) is 73.4 Å². The number of benzene rings is 2. The number of H-pyrrole nitrogens is 1. The minimum Gasteiger partial charge on any atom is -0.497 e. The van der Waals surface area contributed by atoms with E-state index < -0.39 is 0 Å². The van der Waals surface area contributed by atoms with E-state index in [1.807, 2.05) is 42.2 Å². The Bertz CT molecular complexity index is 1300. The average Bonchev–Trinajstić information content (AvgIpc) is 3.45. The molecule has 7 heteroatoms. The second kappa shape index (κ2) is 8.07. The number of likely N-dealkylation sites (tertiary alicyclic amines) is 1. The number of fused-ring (bicyclic) bond motifs is 1. The fourth-order valence-corrected chi connectivity index (χ4v) is 4.35. The van der Waals surface area contributed by atoms with Crippen molar-refractivity contribution < 1.29 is 13.9 Å². The first kappa shape index (κ1) is 20.2. The van der Waals surface area contributed by atoms with Crippen LogP contribution in [0.2, 0.25) is 0 Å². The number of hydrogen-bond acceptors (Lipinski definition) is 4. The number of carbonyl (C=O) groups is 1. The zero-order valence-corrected chi connectivity index (χ0v) is 17.9. The Morgan fingerprint density at radius 2 is 1.91 bits per heavy atom. The average molecular weight is 430 g/mol. The lowest BCUT2D eigenvalue weighted by Gasteiger charge is -2.24. The molecule has 32 heavy (non-hydrogen) atoms. The first-order valence-electron chi connectivity index (χ1n) is 10.6. The topological polar surface area (TPSA) is 71.1 Å². The first-order chi connectivity index (χ1) is 15.5. The first-order valence-corrected chi connectivity index (χ1v) is 10.6. The van der Waals surface area contributed by atoms with Crippen LogP contribution in [0.1, 0.15) is 40.9 Å². The standard InChI is InChI=1S/C25H23FN4O2/c1-15-12-17(16-5-8-19(32-2)9-6-16)13-22(27-15)23-4-3-11-30(23)25(31)24-28-20-10-7-18(26)14-21(20)29-24/h5-10,12-14,23H,3-4,11H2,1-2H3,(H,28,29)/t23-/m0/s1. The van der Waals surface area contributed by atoms with Gasteiger partial charge in [-0.2, -0.15) is 0 Å². The van der Waals surface area contributed by atoms with Crippen molar-refractivity contribution >= 4 is 16.9 Å². The molecule has 162 valence electrons. The zero-order valence-electron chi connectivity index (χ0n) is 17.9. The highest BCUT2D eigenvalue weighted by Gasteiger charge is 2.33. The molecule has 1 saturated heterocycles. The summed E-state index contributed by atoms with van der Waals surface area (Å²) in [5.74, 6) is 0.464. The number of carbonyl (C=O) groups excluding carboxylic acids is 1. The molecule has 1 N–H and O–H groups in total. The molecule has 2 aromatic heterocycles. The number of halogens is 1. The highest BCUT2D eigenvalue weighted by molar-refractivity contribution is 5.94. The van der Waals surface area contributed by atoms with Crippen LogP contribution in [0.15, 0.2) is 54.6 Å². The Morgan fingerprint density at radius 3 is 2.69 bits per heavy atom. The predicted molar refractivity (Wildman–Crippen MR) is 120 cm³/mol. The summed E-state index contributed by atoms with van der Waals surface area (Å²) in [6.07, 6.45) is 1.72. The monoisotopic (exact) mass is 430 g/mol. The van der Waals surface area contributed by atoms with Crippen molar-refractivity contribution in [3.05, 3.63) is 77.6 Å². The number of nitrogens with one attached hydrogen (secondary N) is 1. The van der Waals surface area contributed by atoms with Gasteiger partial charge in [-0.1, -0.05) is 12.1 Å². The molecule has 1 fully saturated rings. The van der Waals surface area contributed by atoms with Crippen molar-refractivity contribution in [2.75, 3.05) is 13.7 Å². The molecule has 0 aliphatic carbocycles. The molecule has 0 saturated carbocycles. The number of rotatable bonds is 4. The van der Waals surface area contributed by atoms with E-state index in [1.54, 1.807) is 13.2 Å². The van der Waals surface area contributed by atoms with Crippen LogP contribution in [-0.2, 0) is 0 Å². The number of pyridine rings is 1. The van der Waals surface area contributed by atoms with Crippen molar-refractivity contribution in [3.8, 4) is 16.9 Å². The summed E-state index contributed by atoms with van der Waals surface area (Å²) < 4.78 is 18.8. The van der Waals surface area contributed by atoms with Gasteiger partial charge in [0.15, 0.2) is 5.82 Å². The molecule has 0 bridgehead atoms. The van der Waals surface area contributed by atoms with Crippen molar-refractivity contribution in [2.24, 2.45) is 0 Å². The van der Waals surface area contributed by atoms with Crippen LogP contribution < -0.4 is 4.74 Å². The normalized spacial score (nSPS) is 16.0. The second-order valence-corrected chi connectivity index (χ2v) is 8.05. The Kier molecular flexibility index (Phi) is 5.09. The molecule has 6 nitrogen and oxygen atoms in total. The number of methoxy groups -OCH3 is 1. The third kappa shape index (κ3) is 3.70. The number of imidazole rings is 1. The van der Waals surface area contributed by atoms with E-state index in [4.69, 9.17) is 9.72 Å². The summed E-state index contributed by atoms with van der Waals surface area (Å²) in [5, 5.41) is 0. The van der Waals surface area contributed by atoms with E-state index in [9.17, 15) is 9.18 Å². The van der Waals surface area contributed by atoms with E-state index in [0.717, 1.165) is 41.1 Å². The summed E-state index contributed by atoms with van der Waals surface area (Å²) in [6.45, 7) is 2.59. The maximum Gasteiger partial charge on any atom is 0.290 e. The number of amides is 1. The Morgan fingerprint density at radius 1 is 1.09 bits per heavy atom. The van der Waals surface area contributed by atoms with E-state index >= 15 is 0 Å². The van der Waals surface area contributed by atoms with Gasteiger partial charge in [-0.25, -0.2) is 9.37 Å². The van der Waals surface area contributed by atoms with Crippen LogP contribution in [-0.4, -0.2) is 39.4 Å². The van der Waals surface area contributed by atoms with E-state index in [2.05, 4.69) is 16.0 Å². The van der Waals surface area contributed by atoms with Crippen LogP contribution in [0.4, 0.5) is 4.39 Å². The van der Waals surface area contributed by atoms with Crippen LogP contribution >= 0.6 is 0 Å². The molecule has 1 aliphatic rings. The van der Waals surface area contributed by atoms with Crippen LogP contribution in [0.5, 0.6) is 5.75 Å². The van der Waals surface area contributed by atoms with Gasteiger partial charge >= 0.3 is 0 Å². The second-order valence-electron chi connectivity index (χ2n) is 8.05. The lowest BCUT2D eigenvalue weighted by molar-refractivity contribution is 0.0722. The third-order valence-electron chi connectivity index (χ3n) is 5.90. The van der Waals surface area contributed by atoms with Crippen LogP contribution in [0, 0.1) is 12.7 Å². The molecule has 1 aliphatic heterocycles. The predicted octanol–water partition coefficient (Wildman–Crippen LogP) is 5.06. The molecular weight excluding hydrogens is 407 g/mol. The van der Waals surface area contributed by atoms with Crippen LogP contribution in [0.25, 0.3) is 22.2 Å². The fourth-order valence-electron chi connectivity index (χ4n) is 4.35. The summed E-state index contributed by atoms with van der Waals surface area (Å²) in [5.41, 5.74) is 4.96. The number of ether oxygens (including phenoxy) is 1. The Hall–Kier alpha value is -3.74. The maximum atomic E-state index is 13.5. The fraction of sp³-hybridized carbons (Fsp3) is 0.240. The molecule has 0 radical (unpaired) electrons. The SMILES string of the molecule is COc1ccc(-c2cc(C)nc([C@@H]3CCCN3C(=O)c3nc4ccc(F)cc4[nH]3)c2)cc1. The van der Waals surface area contributed by atoms with Gasteiger partial charge in [0.05, 0.1) is 29.9 Å².